The summed E-state index contributed by atoms with van der Waals surface area (Å²) in [7, 11) is 1.66. The van der Waals surface area contributed by atoms with Crippen LogP contribution < -0.4 is 10.6 Å². The van der Waals surface area contributed by atoms with E-state index >= 15 is 0 Å². The third-order valence-corrected chi connectivity index (χ3v) is 2.54. The lowest BCUT2D eigenvalue weighted by Gasteiger charge is -2.06. The van der Waals surface area contributed by atoms with Gasteiger partial charge in [0.25, 0.3) is 11.6 Å². The van der Waals surface area contributed by atoms with Gasteiger partial charge in [-0.25, -0.2) is 0 Å². The van der Waals surface area contributed by atoms with Crippen molar-refractivity contribution in [2.75, 3.05) is 17.7 Å². The van der Waals surface area contributed by atoms with Crippen molar-refractivity contribution in [1.82, 2.24) is 10.2 Å². The number of hydrogen-bond donors (Lipinski definition) is 2. The number of rotatable bonds is 4. The molecule has 0 spiro atoms. The zero-order chi connectivity index (χ0) is 14.5. The minimum Gasteiger partial charge on any atom is -0.388 e. The number of nitro benzene ring substituents is 1. The first-order valence-corrected chi connectivity index (χ1v) is 5.67. The molecule has 1 heterocycles. The van der Waals surface area contributed by atoms with Crippen LogP contribution in [0.1, 0.15) is 10.4 Å². The molecule has 1 amide bonds. The molecule has 0 radical (unpaired) electrons. The average Bonchev–Trinajstić information content (AvgIpc) is 2.47. The fraction of sp³-hybridized carbons (Fsp3) is 0.0833. The van der Waals surface area contributed by atoms with Gasteiger partial charge in [0, 0.05) is 25.0 Å². The standard InChI is InChI=1S/C12H11N5O3/c1-13-8-4-5-10(17(19)20)9(7-8)12(18)15-11-3-2-6-14-16-11/h2-7,13H,1H3,(H,15,16,18). The fourth-order valence-corrected chi connectivity index (χ4v) is 1.58. The highest BCUT2D eigenvalue weighted by atomic mass is 16.6. The van der Waals surface area contributed by atoms with Crippen LogP contribution in [-0.2, 0) is 0 Å². The van der Waals surface area contributed by atoms with Crippen molar-refractivity contribution in [3.05, 3.63) is 52.2 Å². The molecule has 2 rings (SSSR count). The highest BCUT2D eigenvalue weighted by Crippen LogP contribution is 2.23. The van der Waals surface area contributed by atoms with Crippen LogP contribution in [0.15, 0.2) is 36.5 Å². The van der Waals surface area contributed by atoms with E-state index in [4.69, 9.17) is 0 Å². The predicted molar refractivity (Wildman–Crippen MR) is 72.6 cm³/mol. The second-order valence-corrected chi connectivity index (χ2v) is 3.80. The Labute approximate surface area is 114 Å². The van der Waals surface area contributed by atoms with Crippen molar-refractivity contribution in [1.29, 1.82) is 0 Å². The van der Waals surface area contributed by atoms with Crippen LogP contribution in [0.25, 0.3) is 0 Å². The molecule has 102 valence electrons. The van der Waals surface area contributed by atoms with Gasteiger partial charge in [0.1, 0.15) is 5.56 Å². The van der Waals surface area contributed by atoms with E-state index in [1.807, 2.05) is 0 Å². The van der Waals surface area contributed by atoms with Gasteiger partial charge in [0.05, 0.1) is 4.92 Å². The van der Waals surface area contributed by atoms with Crippen molar-refractivity contribution in [3.8, 4) is 0 Å². The van der Waals surface area contributed by atoms with E-state index < -0.39 is 10.8 Å². The van der Waals surface area contributed by atoms with Crippen molar-refractivity contribution < 1.29 is 9.72 Å². The normalized spacial score (nSPS) is 9.85. The Bertz CT molecular complexity index is 645. The zero-order valence-electron chi connectivity index (χ0n) is 10.5. The molecule has 1 aromatic carbocycles. The number of nitrogens with zero attached hydrogens (tertiary/aromatic N) is 3. The van der Waals surface area contributed by atoms with Gasteiger partial charge in [-0.15, -0.1) is 5.10 Å². The lowest BCUT2D eigenvalue weighted by Crippen LogP contribution is -2.15. The van der Waals surface area contributed by atoms with Gasteiger partial charge >= 0.3 is 0 Å². The quantitative estimate of drug-likeness (QED) is 0.647. The number of nitrogens with one attached hydrogen (secondary N) is 2. The minimum atomic E-state index is -0.616. The lowest BCUT2D eigenvalue weighted by molar-refractivity contribution is -0.385. The van der Waals surface area contributed by atoms with E-state index in [1.165, 1.54) is 24.4 Å². The number of carbonyl (C=O) groups is 1. The van der Waals surface area contributed by atoms with Crippen LogP contribution in [0.5, 0.6) is 0 Å². The number of amides is 1. The number of nitro groups is 1. The molecular formula is C12H11N5O3. The van der Waals surface area contributed by atoms with E-state index in [2.05, 4.69) is 20.8 Å². The predicted octanol–water partition coefficient (Wildman–Crippen LogP) is 1.68. The molecule has 0 aliphatic carbocycles. The summed E-state index contributed by atoms with van der Waals surface area (Å²) in [4.78, 5) is 22.4. The maximum absolute atomic E-state index is 12.1. The molecule has 20 heavy (non-hydrogen) atoms. The summed E-state index contributed by atoms with van der Waals surface area (Å²) in [6, 6.07) is 7.35. The molecule has 0 aliphatic heterocycles. The zero-order valence-corrected chi connectivity index (χ0v) is 10.5. The molecule has 0 fully saturated rings. The molecule has 0 unspecified atom stereocenters. The molecule has 0 bridgehead atoms. The summed E-state index contributed by atoms with van der Waals surface area (Å²) in [5, 5.41) is 23.5. The van der Waals surface area contributed by atoms with E-state index in [-0.39, 0.29) is 17.1 Å². The number of carbonyl (C=O) groups excluding carboxylic acids is 1. The summed E-state index contributed by atoms with van der Waals surface area (Å²) >= 11 is 0. The number of anilines is 2. The molecule has 8 nitrogen and oxygen atoms in total. The summed E-state index contributed by atoms with van der Waals surface area (Å²) < 4.78 is 0. The SMILES string of the molecule is CNc1ccc([N+](=O)[O-])c(C(=O)Nc2cccnn2)c1. The first kappa shape index (κ1) is 13.4. The average molecular weight is 273 g/mol. The molecule has 2 aromatic rings. The first-order valence-electron chi connectivity index (χ1n) is 5.67. The molecule has 0 saturated heterocycles. The van der Waals surface area contributed by atoms with Gasteiger partial charge in [-0.3, -0.25) is 14.9 Å². The maximum Gasteiger partial charge on any atom is 0.282 e. The molecule has 2 N–H and O–H groups in total. The molecule has 1 aromatic heterocycles. The van der Waals surface area contributed by atoms with Crippen LogP contribution in [0.4, 0.5) is 17.2 Å². The van der Waals surface area contributed by atoms with Crippen molar-refractivity contribution in [2.45, 2.75) is 0 Å². The Morgan fingerprint density at radius 1 is 1.35 bits per heavy atom. The third-order valence-electron chi connectivity index (χ3n) is 2.54. The number of aromatic nitrogens is 2. The number of hydrogen-bond acceptors (Lipinski definition) is 6. The molecule has 0 aliphatic rings. The van der Waals surface area contributed by atoms with E-state index in [0.717, 1.165) is 0 Å². The fourth-order valence-electron chi connectivity index (χ4n) is 1.58. The van der Waals surface area contributed by atoms with Crippen molar-refractivity contribution >= 4 is 23.1 Å². The van der Waals surface area contributed by atoms with Crippen LogP contribution in [0.3, 0.4) is 0 Å². The molecular weight excluding hydrogens is 262 g/mol. The van der Waals surface area contributed by atoms with Crippen LogP contribution in [0, 0.1) is 10.1 Å². The topological polar surface area (TPSA) is 110 Å². The smallest absolute Gasteiger partial charge is 0.282 e. The summed E-state index contributed by atoms with van der Waals surface area (Å²) in [5.74, 6) is -0.393. The van der Waals surface area contributed by atoms with Gasteiger partial charge in [0.15, 0.2) is 5.82 Å². The largest absolute Gasteiger partial charge is 0.388 e. The van der Waals surface area contributed by atoms with Crippen molar-refractivity contribution in [2.24, 2.45) is 0 Å². The monoisotopic (exact) mass is 273 g/mol. The summed E-state index contributed by atoms with van der Waals surface area (Å²) in [5.41, 5.74) is 0.276. The van der Waals surface area contributed by atoms with Crippen LogP contribution in [-0.4, -0.2) is 28.1 Å². The Hall–Kier alpha value is -3.03. The molecule has 0 saturated carbocycles. The summed E-state index contributed by atoms with van der Waals surface area (Å²) in [6.07, 6.45) is 1.46. The van der Waals surface area contributed by atoms with Gasteiger partial charge in [-0.05, 0) is 24.3 Å². The Morgan fingerprint density at radius 2 is 2.15 bits per heavy atom. The highest BCUT2D eigenvalue weighted by molar-refractivity contribution is 6.07. The second-order valence-electron chi connectivity index (χ2n) is 3.80. The second kappa shape index (κ2) is 5.74. The van der Waals surface area contributed by atoms with Crippen molar-refractivity contribution in [3.63, 3.8) is 0 Å². The van der Waals surface area contributed by atoms with Gasteiger partial charge < -0.3 is 10.6 Å². The number of benzene rings is 1. The summed E-state index contributed by atoms with van der Waals surface area (Å²) in [6.45, 7) is 0. The Morgan fingerprint density at radius 3 is 2.75 bits per heavy atom. The van der Waals surface area contributed by atoms with E-state index in [0.29, 0.717) is 5.69 Å². The molecule has 8 heteroatoms. The Kier molecular flexibility index (Phi) is 3.85. The van der Waals surface area contributed by atoms with Gasteiger partial charge in [-0.2, -0.15) is 5.10 Å². The first-order chi connectivity index (χ1) is 9.61. The highest BCUT2D eigenvalue weighted by Gasteiger charge is 2.21. The van der Waals surface area contributed by atoms with Crippen LogP contribution >= 0.6 is 0 Å². The van der Waals surface area contributed by atoms with E-state index in [9.17, 15) is 14.9 Å². The maximum atomic E-state index is 12.1. The lowest BCUT2D eigenvalue weighted by atomic mass is 10.1. The molecule has 0 atom stereocenters. The van der Waals surface area contributed by atoms with Crippen LogP contribution in [0.2, 0.25) is 0 Å². The Balaban J connectivity index is 2.35. The minimum absolute atomic E-state index is 0.0486. The van der Waals surface area contributed by atoms with Gasteiger partial charge in [-0.1, -0.05) is 0 Å². The van der Waals surface area contributed by atoms with E-state index in [1.54, 1.807) is 19.2 Å². The third kappa shape index (κ3) is 2.86. The van der Waals surface area contributed by atoms with Gasteiger partial charge in [0.2, 0.25) is 0 Å².